The zero-order chi connectivity index (χ0) is 20.2. The number of para-hydroxylation sites is 1. The Labute approximate surface area is 167 Å². The smallest absolute Gasteiger partial charge is 0.229 e. The number of piperidine rings is 1. The van der Waals surface area contributed by atoms with Crippen LogP contribution in [0.2, 0.25) is 0 Å². The maximum atomic E-state index is 13.8. The number of anilines is 2. The third-order valence-corrected chi connectivity index (χ3v) is 5.04. The molecule has 148 valence electrons. The molecular formula is C22H20F2N4O. The van der Waals surface area contributed by atoms with Crippen LogP contribution in [0.15, 0.2) is 60.7 Å². The molecule has 1 unspecified atom stereocenters. The third kappa shape index (κ3) is 4.39. The molecule has 0 spiro atoms. The number of nitrogens with one attached hydrogen (secondary N) is 1. The fourth-order valence-corrected chi connectivity index (χ4v) is 3.47. The van der Waals surface area contributed by atoms with Gasteiger partial charge in [-0.05, 0) is 61.4 Å². The molecule has 1 aliphatic heterocycles. The number of halogens is 2. The Morgan fingerprint density at radius 3 is 2.52 bits per heavy atom. The number of hydrogen-bond donors (Lipinski definition) is 1. The maximum Gasteiger partial charge on any atom is 0.229 e. The van der Waals surface area contributed by atoms with Crippen molar-refractivity contribution in [2.75, 3.05) is 23.3 Å². The average Bonchev–Trinajstić information content (AvgIpc) is 2.76. The van der Waals surface area contributed by atoms with Crippen molar-refractivity contribution in [3.8, 4) is 11.3 Å². The van der Waals surface area contributed by atoms with Crippen LogP contribution in [0.5, 0.6) is 0 Å². The van der Waals surface area contributed by atoms with Crippen molar-refractivity contribution in [3.63, 3.8) is 0 Å². The van der Waals surface area contributed by atoms with E-state index in [1.807, 2.05) is 17.0 Å². The van der Waals surface area contributed by atoms with Crippen molar-refractivity contribution < 1.29 is 13.6 Å². The Morgan fingerprint density at radius 1 is 1.00 bits per heavy atom. The molecule has 4 rings (SSSR count). The molecule has 0 saturated carbocycles. The van der Waals surface area contributed by atoms with Gasteiger partial charge >= 0.3 is 0 Å². The van der Waals surface area contributed by atoms with Gasteiger partial charge in [-0.2, -0.15) is 0 Å². The predicted octanol–water partition coefficient (Wildman–Crippen LogP) is 4.28. The summed E-state index contributed by atoms with van der Waals surface area (Å²) in [5.41, 5.74) is 1.63. The van der Waals surface area contributed by atoms with Crippen LogP contribution in [0.1, 0.15) is 12.8 Å². The van der Waals surface area contributed by atoms with Gasteiger partial charge in [-0.15, -0.1) is 10.2 Å². The van der Waals surface area contributed by atoms with Crippen LogP contribution < -0.4 is 10.2 Å². The quantitative estimate of drug-likeness (QED) is 0.718. The van der Waals surface area contributed by atoms with Crippen LogP contribution in [-0.4, -0.2) is 29.2 Å². The van der Waals surface area contributed by atoms with Crippen LogP contribution in [0.3, 0.4) is 0 Å². The summed E-state index contributed by atoms with van der Waals surface area (Å²) in [4.78, 5) is 14.6. The van der Waals surface area contributed by atoms with Crippen molar-refractivity contribution >= 4 is 17.4 Å². The third-order valence-electron chi connectivity index (χ3n) is 5.04. The molecule has 2 aromatic carbocycles. The van der Waals surface area contributed by atoms with E-state index in [4.69, 9.17) is 0 Å². The van der Waals surface area contributed by atoms with E-state index in [9.17, 15) is 13.6 Å². The molecule has 1 aliphatic rings. The van der Waals surface area contributed by atoms with Crippen molar-refractivity contribution in [1.29, 1.82) is 0 Å². The second kappa shape index (κ2) is 8.34. The predicted molar refractivity (Wildman–Crippen MR) is 107 cm³/mol. The SMILES string of the molecule is O=C(Nc1ccccc1F)C1CCCN(c2ccc(-c3ccc(F)cc3)nn2)C1. The second-order valence-corrected chi connectivity index (χ2v) is 7.04. The van der Waals surface area contributed by atoms with Gasteiger partial charge in [-0.3, -0.25) is 4.79 Å². The molecule has 1 N–H and O–H groups in total. The fraction of sp³-hybridized carbons (Fsp3) is 0.227. The lowest BCUT2D eigenvalue weighted by molar-refractivity contribution is -0.120. The summed E-state index contributed by atoms with van der Waals surface area (Å²) in [6, 6.07) is 15.9. The zero-order valence-electron chi connectivity index (χ0n) is 15.7. The fourth-order valence-electron chi connectivity index (χ4n) is 3.47. The van der Waals surface area contributed by atoms with E-state index in [0.717, 1.165) is 24.9 Å². The van der Waals surface area contributed by atoms with Crippen LogP contribution in [-0.2, 0) is 4.79 Å². The number of hydrogen-bond acceptors (Lipinski definition) is 4. The minimum Gasteiger partial charge on any atom is -0.354 e. The molecule has 5 nitrogen and oxygen atoms in total. The Balaban J connectivity index is 1.43. The lowest BCUT2D eigenvalue weighted by Crippen LogP contribution is -2.41. The molecule has 1 fully saturated rings. The van der Waals surface area contributed by atoms with Crippen molar-refractivity contribution in [2.24, 2.45) is 5.92 Å². The number of aromatic nitrogens is 2. The van der Waals surface area contributed by atoms with E-state index in [2.05, 4.69) is 15.5 Å². The first-order chi connectivity index (χ1) is 14.1. The van der Waals surface area contributed by atoms with E-state index < -0.39 is 5.82 Å². The number of carbonyl (C=O) groups is 1. The van der Waals surface area contributed by atoms with Crippen LogP contribution in [0.4, 0.5) is 20.3 Å². The molecule has 1 saturated heterocycles. The number of nitrogens with zero attached hydrogens (tertiary/aromatic N) is 3. The van der Waals surface area contributed by atoms with Gasteiger partial charge in [0.1, 0.15) is 11.6 Å². The molecule has 2 heterocycles. The zero-order valence-corrected chi connectivity index (χ0v) is 15.7. The summed E-state index contributed by atoms with van der Waals surface area (Å²) in [7, 11) is 0. The number of benzene rings is 2. The first-order valence-electron chi connectivity index (χ1n) is 9.50. The normalized spacial score (nSPS) is 16.5. The number of carbonyl (C=O) groups excluding carboxylic acids is 1. The largest absolute Gasteiger partial charge is 0.354 e. The van der Waals surface area contributed by atoms with Crippen LogP contribution >= 0.6 is 0 Å². The maximum absolute atomic E-state index is 13.8. The van der Waals surface area contributed by atoms with E-state index in [1.54, 1.807) is 30.3 Å². The molecule has 0 radical (unpaired) electrons. The lowest BCUT2D eigenvalue weighted by Gasteiger charge is -2.32. The Hall–Kier alpha value is -3.35. The Bertz CT molecular complexity index is 992. The van der Waals surface area contributed by atoms with Gasteiger partial charge < -0.3 is 10.2 Å². The Morgan fingerprint density at radius 2 is 1.79 bits per heavy atom. The van der Waals surface area contributed by atoms with E-state index in [0.29, 0.717) is 18.1 Å². The molecule has 0 bridgehead atoms. The van der Waals surface area contributed by atoms with Gasteiger partial charge in [0, 0.05) is 18.7 Å². The summed E-state index contributed by atoms with van der Waals surface area (Å²) in [5, 5.41) is 11.2. The average molecular weight is 394 g/mol. The van der Waals surface area contributed by atoms with Gasteiger partial charge in [0.2, 0.25) is 5.91 Å². The molecule has 1 atom stereocenters. The van der Waals surface area contributed by atoms with Crippen LogP contribution in [0.25, 0.3) is 11.3 Å². The summed E-state index contributed by atoms with van der Waals surface area (Å²) < 4.78 is 26.9. The summed E-state index contributed by atoms with van der Waals surface area (Å²) in [5.74, 6) is -0.529. The van der Waals surface area contributed by atoms with Gasteiger partial charge in [0.25, 0.3) is 0 Å². The van der Waals surface area contributed by atoms with Gasteiger partial charge in [0.05, 0.1) is 17.3 Å². The molecule has 3 aromatic rings. The lowest BCUT2D eigenvalue weighted by atomic mass is 9.97. The molecule has 1 aromatic heterocycles. The first-order valence-corrected chi connectivity index (χ1v) is 9.50. The van der Waals surface area contributed by atoms with Crippen molar-refractivity contribution in [2.45, 2.75) is 12.8 Å². The van der Waals surface area contributed by atoms with E-state index >= 15 is 0 Å². The second-order valence-electron chi connectivity index (χ2n) is 7.04. The molecule has 0 aliphatic carbocycles. The van der Waals surface area contributed by atoms with Crippen molar-refractivity contribution in [1.82, 2.24) is 10.2 Å². The summed E-state index contributed by atoms with van der Waals surface area (Å²) in [6.45, 7) is 1.26. The highest BCUT2D eigenvalue weighted by Gasteiger charge is 2.27. The summed E-state index contributed by atoms with van der Waals surface area (Å²) >= 11 is 0. The first kappa shape index (κ1) is 19.0. The van der Waals surface area contributed by atoms with Gasteiger partial charge in [0.15, 0.2) is 5.82 Å². The molecule has 1 amide bonds. The molecule has 7 heteroatoms. The highest BCUT2D eigenvalue weighted by atomic mass is 19.1. The highest BCUT2D eigenvalue weighted by molar-refractivity contribution is 5.93. The topological polar surface area (TPSA) is 58.1 Å². The van der Waals surface area contributed by atoms with E-state index in [1.165, 1.54) is 18.2 Å². The standard InChI is InChI=1S/C22H20F2N4O/c23-17-9-7-15(8-10-17)19-11-12-21(27-26-19)28-13-3-4-16(14-28)22(29)25-20-6-2-1-5-18(20)24/h1-2,5-12,16H,3-4,13-14H2,(H,25,29). The minimum atomic E-state index is -0.448. The van der Waals surface area contributed by atoms with Crippen molar-refractivity contribution in [3.05, 3.63) is 72.3 Å². The number of rotatable bonds is 4. The highest BCUT2D eigenvalue weighted by Crippen LogP contribution is 2.25. The Kier molecular flexibility index (Phi) is 5.46. The van der Waals surface area contributed by atoms with Gasteiger partial charge in [-0.1, -0.05) is 12.1 Å². The van der Waals surface area contributed by atoms with Gasteiger partial charge in [-0.25, -0.2) is 8.78 Å². The molecule has 29 heavy (non-hydrogen) atoms. The molecular weight excluding hydrogens is 374 g/mol. The monoisotopic (exact) mass is 394 g/mol. The minimum absolute atomic E-state index is 0.193. The number of amides is 1. The summed E-state index contributed by atoms with van der Waals surface area (Å²) in [6.07, 6.45) is 1.56. The van der Waals surface area contributed by atoms with E-state index in [-0.39, 0.29) is 23.3 Å². The van der Waals surface area contributed by atoms with Crippen LogP contribution in [0, 0.1) is 17.6 Å².